The zero-order valence-electron chi connectivity index (χ0n) is 19.0. The van der Waals surface area contributed by atoms with Gasteiger partial charge < -0.3 is 5.32 Å². The quantitative estimate of drug-likeness (QED) is 0.630. The van der Waals surface area contributed by atoms with Crippen molar-refractivity contribution in [1.29, 1.82) is 0 Å². The first-order valence-electron chi connectivity index (χ1n) is 11.5. The minimum absolute atomic E-state index is 0.0653. The number of hydrogen-bond donors (Lipinski definition) is 2. The van der Waals surface area contributed by atoms with Crippen LogP contribution in [0.4, 0.5) is 10.5 Å². The van der Waals surface area contributed by atoms with Gasteiger partial charge in [0.25, 0.3) is 0 Å². The van der Waals surface area contributed by atoms with E-state index in [0.717, 1.165) is 50.8 Å². The number of carbonyl (C=O) groups excluding carboxylic acids is 1. The fraction of sp³-hybridized carbons (Fsp3) is 0.480. The number of urea groups is 1. The Morgan fingerprint density at radius 1 is 1.03 bits per heavy atom. The van der Waals surface area contributed by atoms with Crippen LogP contribution in [0, 0.1) is 0 Å². The average molecular weight is 456 g/mol. The van der Waals surface area contributed by atoms with Crippen molar-refractivity contribution >= 4 is 21.7 Å². The van der Waals surface area contributed by atoms with Crippen molar-refractivity contribution < 1.29 is 13.2 Å². The predicted molar refractivity (Wildman–Crippen MR) is 128 cm³/mol. The molecule has 2 N–H and O–H groups in total. The van der Waals surface area contributed by atoms with E-state index in [4.69, 9.17) is 0 Å². The van der Waals surface area contributed by atoms with Gasteiger partial charge in [-0.25, -0.2) is 17.9 Å². The van der Waals surface area contributed by atoms with Gasteiger partial charge in [-0.1, -0.05) is 36.4 Å². The van der Waals surface area contributed by atoms with Crippen molar-refractivity contribution in [2.45, 2.75) is 64.5 Å². The van der Waals surface area contributed by atoms with Crippen molar-refractivity contribution in [3.8, 4) is 0 Å². The molecule has 2 amide bonds. The SMILES string of the molecule is CC(CCS(=O)(=O)NC(=O)Nc1c2c(cc3c1CCC3)CCC2)N(C)Cc1ccccc1. The molecule has 0 bridgehead atoms. The van der Waals surface area contributed by atoms with Gasteiger partial charge >= 0.3 is 6.03 Å². The molecule has 0 radical (unpaired) electrons. The Hall–Kier alpha value is -2.38. The topological polar surface area (TPSA) is 78.5 Å². The minimum atomic E-state index is -3.72. The van der Waals surface area contributed by atoms with Gasteiger partial charge in [-0.2, -0.15) is 0 Å². The predicted octanol–water partition coefficient (Wildman–Crippen LogP) is 4.03. The summed E-state index contributed by atoms with van der Waals surface area (Å²) in [7, 11) is -1.73. The van der Waals surface area contributed by atoms with Crippen LogP contribution in [0.1, 0.15) is 54.0 Å². The first-order chi connectivity index (χ1) is 15.3. The van der Waals surface area contributed by atoms with E-state index < -0.39 is 16.1 Å². The van der Waals surface area contributed by atoms with E-state index in [-0.39, 0.29) is 11.8 Å². The number of anilines is 1. The van der Waals surface area contributed by atoms with Crippen LogP contribution in [-0.2, 0) is 42.3 Å². The molecule has 0 aliphatic heterocycles. The number of carbonyl (C=O) groups is 1. The number of rotatable bonds is 8. The van der Waals surface area contributed by atoms with E-state index >= 15 is 0 Å². The maximum Gasteiger partial charge on any atom is 0.332 e. The second-order valence-electron chi connectivity index (χ2n) is 9.15. The Bertz CT molecular complexity index is 1050. The molecule has 2 aliphatic rings. The minimum Gasteiger partial charge on any atom is -0.307 e. The summed E-state index contributed by atoms with van der Waals surface area (Å²) >= 11 is 0. The third-order valence-electron chi connectivity index (χ3n) is 6.79. The van der Waals surface area contributed by atoms with Crippen LogP contribution < -0.4 is 10.0 Å². The summed E-state index contributed by atoms with van der Waals surface area (Å²) in [6.07, 6.45) is 6.56. The molecule has 0 aromatic heterocycles. The highest BCUT2D eigenvalue weighted by molar-refractivity contribution is 7.90. The monoisotopic (exact) mass is 455 g/mol. The fourth-order valence-electron chi connectivity index (χ4n) is 4.87. The van der Waals surface area contributed by atoms with E-state index in [1.54, 1.807) is 0 Å². The van der Waals surface area contributed by atoms with Gasteiger partial charge in [-0.3, -0.25) is 4.90 Å². The molecular formula is C25H33N3O3S. The summed E-state index contributed by atoms with van der Waals surface area (Å²) in [6.45, 7) is 2.76. The largest absolute Gasteiger partial charge is 0.332 e. The highest BCUT2D eigenvalue weighted by atomic mass is 32.2. The molecule has 0 saturated carbocycles. The van der Waals surface area contributed by atoms with Gasteiger partial charge in [0.05, 0.1) is 5.75 Å². The van der Waals surface area contributed by atoms with Crippen molar-refractivity contribution in [2.24, 2.45) is 0 Å². The smallest absolute Gasteiger partial charge is 0.307 e. The van der Waals surface area contributed by atoms with E-state index in [1.807, 2.05) is 32.2 Å². The second kappa shape index (κ2) is 9.63. The molecule has 6 nitrogen and oxygen atoms in total. The van der Waals surface area contributed by atoms with Gasteiger partial charge in [0.2, 0.25) is 10.0 Å². The zero-order chi connectivity index (χ0) is 22.7. The first-order valence-corrected chi connectivity index (χ1v) is 13.2. The maximum absolute atomic E-state index is 12.6. The Labute approximate surface area is 191 Å². The summed E-state index contributed by atoms with van der Waals surface area (Å²) in [5, 5.41) is 2.90. The number of amides is 2. The molecule has 32 heavy (non-hydrogen) atoms. The summed E-state index contributed by atoms with van der Waals surface area (Å²) in [4.78, 5) is 14.8. The maximum atomic E-state index is 12.6. The van der Waals surface area contributed by atoms with Crippen LogP contribution in [0.2, 0.25) is 0 Å². The van der Waals surface area contributed by atoms with Gasteiger partial charge in [-0.05, 0) is 86.7 Å². The van der Waals surface area contributed by atoms with Gasteiger partial charge in [-0.15, -0.1) is 0 Å². The molecule has 7 heteroatoms. The summed E-state index contributed by atoms with van der Waals surface area (Å²) in [6, 6.07) is 11.8. The Morgan fingerprint density at radius 2 is 1.66 bits per heavy atom. The molecule has 2 aliphatic carbocycles. The molecular weight excluding hydrogens is 422 g/mol. The fourth-order valence-corrected chi connectivity index (χ4v) is 5.96. The second-order valence-corrected chi connectivity index (χ2v) is 11.0. The lowest BCUT2D eigenvalue weighted by atomic mass is 9.99. The number of benzene rings is 2. The average Bonchev–Trinajstić information content (AvgIpc) is 3.41. The van der Waals surface area contributed by atoms with Crippen LogP contribution in [-0.4, -0.2) is 38.2 Å². The van der Waals surface area contributed by atoms with Gasteiger partial charge in [0.15, 0.2) is 0 Å². The van der Waals surface area contributed by atoms with Crippen LogP contribution in [0.3, 0.4) is 0 Å². The van der Waals surface area contributed by atoms with Crippen LogP contribution in [0.25, 0.3) is 0 Å². The number of nitrogens with one attached hydrogen (secondary N) is 2. The highest BCUT2D eigenvalue weighted by Crippen LogP contribution is 2.38. The van der Waals surface area contributed by atoms with Gasteiger partial charge in [0.1, 0.15) is 0 Å². The van der Waals surface area contributed by atoms with Crippen LogP contribution >= 0.6 is 0 Å². The third kappa shape index (κ3) is 5.33. The number of nitrogens with zero attached hydrogens (tertiary/aromatic N) is 1. The molecule has 172 valence electrons. The van der Waals surface area contributed by atoms with Crippen LogP contribution in [0.15, 0.2) is 36.4 Å². The van der Waals surface area contributed by atoms with Gasteiger partial charge in [0, 0.05) is 18.3 Å². The van der Waals surface area contributed by atoms with Crippen molar-refractivity contribution in [3.05, 3.63) is 64.2 Å². The van der Waals surface area contributed by atoms with E-state index in [2.05, 4.69) is 33.1 Å². The molecule has 0 saturated heterocycles. The number of aryl methyl sites for hydroxylation is 2. The standard InChI is InChI=1S/C25H33N3O3S/c1-18(28(2)17-19-8-4-3-5-9-19)14-15-32(30,31)27-25(29)26-24-22-12-6-10-20(22)16-21-11-7-13-23(21)24/h3-5,8-9,16,18H,6-7,10-15,17H2,1-2H3,(H2,26,27,29). The number of sulfonamides is 1. The van der Waals surface area contributed by atoms with Crippen molar-refractivity contribution in [1.82, 2.24) is 9.62 Å². The molecule has 1 atom stereocenters. The molecule has 0 heterocycles. The molecule has 1 unspecified atom stereocenters. The van der Waals surface area contributed by atoms with Crippen molar-refractivity contribution in [2.75, 3.05) is 18.1 Å². The summed E-state index contributed by atoms with van der Waals surface area (Å²) in [5.41, 5.74) is 7.03. The number of fused-ring (bicyclic) bond motifs is 2. The van der Waals surface area contributed by atoms with Crippen molar-refractivity contribution in [3.63, 3.8) is 0 Å². The number of hydrogen-bond acceptors (Lipinski definition) is 4. The normalized spacial score (nSPS) is 16.0. The lowest BCUT2D eigenvalue weighted by molar-refractivity contribution is 0.244. The summed E-state index contributed by atoms with van der Waals surface area (Å²) < 4.78 is 27.4. The lowest BCUT2D eigenvalue weighted by Gasteiger charge is -2.24. The Kier molecular flexibility index (Phi) is 6.86. The molecule has 0 fully saturated rings. The molecule has 2 aromatic rings. The lowest BCUT2D eigenvalue weighted by Crippen LogP contribution is -2.38. The third-order valence-corrected chi connectivity index (χ3v) is 8.06. The molecule has 0 spiro atoms. The molecule has 4 rings (SSSR count). The summed E-state index contributed by atoms with van der Waals surface area (Å²) in [5.74, 6) is -0.0915. The first kappa shape index (κ1) is 22.8. The zero-order valence-corrected chi connectivity index (χ0v) is 19.8. The van der Waals surface area contributed by atoms with E-state index in [0.29, 0.717) is 6.42 Å². The Morgan fingerprint density at radius 3 is 2.28 bits per heavy atom. The molecule has 2 aromatic carbocycles. The van der Waals surface area contributed by atoms with E-state index in [9.17, 15) is 13.2 Å². The van der Waals surface area contributed by atoms with Crippen LogP contribution in [0.5, 0.6) is 0 Å². The van der Waals surface area contributed by atoms with E-state index in [1.165, 1.54) is 27.8 Å². The highest BCUT2D eigenvalue weighted by Gasteiger charge is 2.26. The Balaban J connectivity index is 1.34.